The number of rotatable bonds is 4. The smallest absolute Gasteiger partial charge is 0.387 e. The maximum atomic E-state index is 11.8. The molecule has 0 fully saturated rings. The van der Waals surface area contributed by atoms with Crippen LogP contribution in [0.3, 0.4) is 0 Å². The summed E-state index contributed by atoms with van der Waals surface area (Å²) in [6.07, 6.45) is 0. The van der Waals surface area contributed by atoms with Gasteiger partial charge in [0.1, 0.15) is 11.8 Å². The fourth-order valence-electron chi connectivity index (χ4n) is 1.03. The molecule has 1 aromatic rings. The van der Waals surface area contributed by atoms with Crippen LogP contribution in [0.2, 0.25) is 0 Å². The summed E-state index contributed by atoms with van der Waals surface area (Å²) in [7, 11) is 0. The first-order valence-electron chi connectivity index (χ1n) is 4.04. The van der Waals surface area contributed by atoms with E-state index in [0.717, 1.165) is 0 Å². The van der Waals surface area contributed by atoms with Crippen molar-refractivity contribution in [1.29, 1.82) is 0 Å². The van der Waals surface area contributed by atoms with Crippen LogP contribution >= 0.6 is 0 Å². The first-order valence-corrected chi connectivity index (χ1v) is 4.04. The number of carboxylic acid groups (broad SMARTS) is 1. The second-order valence-corrected chi connectivity index (χ2v) is 2.77. The Hall–Kier alpha value is -1.69. The van der Waals surface area contributed by atoms with Crippen LogP contribution in [-0.4, -0.2) is 17.7 Å². The second-order valence-electron chi connectivity index (χ2n) is 2.77. The van der Waals surface area contributed by atoms with Gasteiger partial charge in [0, 0.05) is 0 Å². The van der Waals surface area contributed by atoms with E-state index in [1.807, 2.05) is 0 Å². The first kappa shape index (κ1) is 11.4. The van der Waals surface area contributed by atoms with Gasteiger partial charge in [-0.25, -0.2) is 0 Å². The molecule has 0 spiro atoms. The molecule has 0 amide bonds. The molecular weight excluding hydrogens is 208 g/mol. The van der Waals surface area contributed by atoms with Crippen LogP contribution in [0.25, 0.3) is 0 Å². The fourth-order valence-corrected chi connectivity index (χ4v) is 1.03. The molecule has 6 heteroatoms. The van der Waals surface area contributed by atoms with Crippen LogP contribution < -0.4 is 10.5 Å². The number of ether oxygens (including phenoxy) is 1. The Balaban J connectivity index is 2.87. The predicted molar refractivity (Wildman–Crippen MR) is 47.6 cm³/mol. The van der Waals surface area contributed by atoms with Gasteiger partial charge in [0.05, 0.1) is 0 Å². The number of hydrogen-bond donors (Lipinski definition) is 2. The molecule has 15 heavy (non-hydrogen) atoms. The van der Waals surface area contributed by atoms with Crippen molar-refractivity contribution >= 4 is 5.97 Å². The number of halogens is 2. The lowest BCUT2D eigenvalue weighted by Crippen LogP contribution is -2.20. The average Bonchev–Trinajstić information content (AvgIpc) is 2.16. The lowest BCUT2D eigenvalue weighted by Gasteiger charge is -2.09. The standard InChI is InChI=1S/C9H9F2NO3/c10-9(11)15-6-3-1-2-5(4-6)7(12)8(13)14/h1-4,7,9H,12H2,(H,13,14). The largest absolute Gasteiger partial charge is 0.480 e. The van der Waals surface area contributed by atoms with Crippen molar-refractivity contribution in [2.75, 3.05) is 0 Å². The Morgan fingerprint density at radius 3 is 2.67 bits per heavy atom. The highest BCUT2D eigenvalue weighted by Gasteiger charge is 2.15. The third-order valence-corrected chi connectivity index (χ3v) is 1.71. The Bertz CT molecular complexity index is 357. The summed E-state index contributed by atoms with van der Waals surface area (Å²) in [4.78, 5) is 10.5. The number of hydrogen-bond acceptors (Lipinski definition) is 3. The fraction of sp³-hybridized carbons (Fsp3) is 0.222. The van der Waals surface area contributed by atoms with Crippen molar-refractivity contribution in [3.05, 3.63) is 29.8 Å². The van der Waals surface area contributed by atoms with Crippen LogP contribution in [0.4, 0.5) is 8.78 Å². The van der Waals surface area contributed by atoms with Gasteiger partial charge in [-0.3, -0.25) is 4.79 Å². The van der Waals surface area contributed by atoms with Crippen molar-refractivity contribution in [2.45, 2.75) is 12.7 Å². The molecule has 1 unspecified atom stereocenters. The van der Waals surface area contributed by atoms with E-state index < -0.39 is 18.6 Å². The van der Waals surface area contributed by atoms with Gasteiger partial charge in [-0.05, 0) is 17.7 Å². The van der Waals surface area contributed by atoms with E-state index in [4.69, 9.17) is 10.8 Å². The lowest BCUT2D eigenvalue weighted by atomic mass is 10.1. The molecule has 0 aliphatic heterocycles. The molecule has 4 nitrogen and oxygen atoms in total. The van der Waals surface area contributed by atoms with Gasteiger partial charge in [0.25, 0.3) is 0 Å². The lowest BCUT2D eigenvalue weighted by molar-refractivity contribution is -0.138. The van der Waals surface area contributed by atoms with E-state index in [1.54, 1.807) is 0 Å². The zero-order valence-electron chi connectivity index (χ0n) is 7.56. The summed E-state index contributed by atoms with van der Waals surface area (Å²) in [6, 6.07) is 4.05. The summed E-state index contributed by atoms with van der Waals surface area (Å²) in [5.74, 6) is -1.34. The van der Waals surface area contributed by atoms with E-state index in [2.05, 4.69) is 4.74 Å². The Morgan fingerprint density at radius 2 is 2.13 bits per heavy atom. The van der Waals surface area contributed by atoms with E-state index >= 15 is 0 Å². The molecule has 0 aromatic heterocycles. The minimum atomic E-state index is -2.94. The molecule has 0 aliphatic carbocycles. The van der Waals surface area contributed by atoms with E-state index in [-0.39, 0.29) is 11.3 Å². The zero-order chi connectivity index (χ0) is 11.4. The number of carboxylic acids is 1. The molecule has 0 saturated heterocycles. The number of carbonyl (C=O) groups is 1. The van der Waals surface area contributed by atoms with Gasteiger partial charge in [0.15, 0.2) is 0 Å². The summed E-state index contributed by atoms with van der Waals surface area (Å²) in [5, 5.41) is 8.59. The predicted octanol–water partition coefficient (Wildman–Crippen LogP) is 1.37. The summed E-state index contributed by atoms with van der Waals surface area (Å²) < 4.78 is 27.8. The molecule has 1 atom stereocenters. The zero-order valence-corrected chi connectivity index (χ0v) is 7.56. The molecule has 0 saturated carbocycles. The topological polar surface area (TPSA) is 72.6 Å². The Labute approximate surface area is 84.3 Å². The van der Waals surface area contributed by atoms with Crippen molar-refractivity contribution in [2.24, 2.45) is 5.73 Å². The second kappa shape index (κ2) is 4.70. The number of alkyl halides is 2. The van der Waals surface area contributed by atoms with Crippen molar-refractivity contribution in [3.8, 4) is 5.75 Å². The highest BCUT2D eigenvalue weighted by Crippen LogP contribution is 2.19. The highest BCUT2D eigenvalue weighted by molar-refractivity contribution is 5.75. The molecular formula is C9H9F2NO3. The minimum Gasteiger partial charge on any atom is -0.480 e. The Morgan fingerprint density at radius 1 is 1.47 bits per heavy atom. The van der Waals surface area contributed by atoms with Crippen LogP contribution in [0.1, 0.15) is 11.6 Å². The molecule has 0 aliphatic rings. The van der Waals surface area contributed by atoms with Gasteiger partial charge >= 0.3 is 12.6 Å². The van der Waals surface area contributed by atoms with E-state index in [0.29, 0.717) is 0 Å². The first-order chi connectivity index (χ1) is 7.00. The van der Waals surface area contributed by atoms with E-state index in [1.165, 1.54) is 24.3 Å². The van der Waals surface area contributed by atoms with Crippen LogP contribution in [-0.2, 0) is 4.79 Å². The van der Waals surface area contributed by atoms with Gasteiger partial charge in [-0.1, -0.05) is 12.1 Å². The molecule has 0 radical (unpaired) electrons. The number of aliphatic carboxylic acids is 1. The molecule has 1 aromatic carbocycles. The molecule has 0 heterocycles. The Kier molecular flexibility index (Phi) is 3.56. The third-order valence-electron chi connectivity index (χ3n) is 1.71. The number of nitrogens with two attached hydrogens (primary N) is 1. The van der Waals surface area contributed by atoms with Gasteiger partial charge in [-0.2, -0.15) is 8.78 Å². The van der Waals surface area contributed by atoms with Gasteiger partial charge in [0.2, 0.25) is 0 Å². The SMILES string of the molecule is NC(C(=O)O)c1cccc(OC(F)F)c1. The minimum absolute atomic E-state index is 0.112. The van der Waals surface area contributed by atoms with Crippen molar-refractivity contribution in [3.63, 3.8) is 0 Å². The molecule has 0 bridgehead atoms. The normalized spacial score (nSPS) is 12.5. The summed E-state index contributed by atoms with van der Waals surface area (Å²) in [6.45, 7) is -2.94. The maximum Gasteiger partial charge on any atom is 0.387 e. The van der Waals surface area contributed by atoms with Crippen LogP contribution in [0.5, 0.6) is 5.75 Å². The van der Waals surface area contributed by atoms with Gasteiger partial charge in [-0.15, -0.1) is 0 Å². The van der Waals surface area contributed by atoms with Crippen molar-refractivity contribution in [1.82, 2.24) is 0 Å². The average molecular weight is 217 g/mol. The van der Waals surface area contributed by atoms with Gasteiger partial charge < -0.3 is 15.6 Å². The molecule has 3 N–H and O–H groups in total. The van der Waals surface area contributed by atoms with Crippen molar-refractivity contribution < 1.29 is 23.4 Å². The number of benzene rings is 1. The third kappa shape index (κ3) is 3.17. The molecule has 1 rings (SSSR count). The molecule has 82 valence electrons. The van der Waals surface area contributed by atoms with E-state index in [9.17, 15) is 13.6 Å². The van der Waals surface area contributed by atoms with Crippen LogP contribution in [0, 0.1) is 0 Å². The summed E-state index contributed by atoms with van der Waals surface area (Å²) in [5.41, 5.74) is 5.50. The quantitative estimate of drug-likeness (QED) is 0.798. The summed E-state index contributed by atoms with van der Waals surface area (Å²) >= 11 is 0. The van der Waals surface area contributed by atoms with Crippen LogP contribution in [0.15, 0.2) is 24.3 Å². The monoisotopic (exact) mass is 217 g/mol. The maximum absolute atomic E-state index is 11.8. The highest BCUT2D eigenvalue weighted by atomic mass is 19.3.